The van der Waals surface area contributed by atoms with Crippen LogP contribution in [0.25, 0.3) is 0 Å². The lowest BCUT2D eigenvalue weighted by Crippen LogP contribution is -1.98. The minimum atomic E-state index is 0.786. The second kappa shape index (κ2) is 12.1. The van der Waals surface area contributed by atoms with Crippen molar-refractivity contribution in [2.24, 2.45) is 0 Å². The largest absolute Gasteiger partial charge is 0.271 e. The summed E-state index contributed by atoms with van der Waals surface area (Å²) < 4.78 is 1.98. The van der Waals surface area contributed by atoms with Gasteiger partial charge < -0.3 is 0 Å². The molecule has 0 fully saturated rings. The lowest BCUT2D eigenvalue weighted by Gasteiger charge is -2.03. The predicted octanol–water partition coefficient (Wildman–Crippen LogP) is 6.55. The Hall–Kier alpha value is -0.500. The van der Waals surface area contributed by atoms with E-state index in [1.807, 2.05) is 17.8 Å². The van der Waals surface area contributed by atoms with Gasteiger partial charge in [0, 0.05) is 12.7 Å². The van der Waals surface area contributed by atoms with Crippen LogP contribution >= 0.6 is 11.6 Å². The molecule has 0 aromatic carbocycles. The molecule has 0 unspecified atom stereocenters. The van der Waals surface area contributed by atoms with Crippen molar-refractivity contribution in [2.75, 3.05) is 0 Å². The summed E-state index contributed by atoms with van der Waals surface area (Å²) in [4.78, 5) is 0. The fourth-order valence-corrected chi connectivity index (χ4v) is 2.87. The summed E-state index contributed by atoms with van der Waals surface area (Å²) >= 11 is 6.00. The Morgan fingerprint density at radius 3 is 1.76 bits per heavy atom. The van der Waals surface area contributed by atoms with Gasteiger partial charge in [0.2, 0.25) is 0 Å². The van der Waals surface area contributed by atoms with Crippen LogP contribution in [0.15, 0.2) is 6.20 Å². The first kappa shape index (κ1) is 18.5. The van der Waals surface area contributed by atoms with Crippen molar-refractivity contribution in [1.29, 1.82) is 0 Å². The summed E-state index contributed by atoms with van der Waals surface area (Å²) in [5.74, 6) is 0. The molecule has 0 N–H and O–H groups in total. The fraction of sp³-hybridized carbons (Fsp3) is 0.833. The highest BCUT2D eigenvalue weighted by Crippen LogP contribution is 2.14. The Labute approximate surface area is 136 Å². The molecule has 0 saturated heterocycles. The van der Waals surface area contributed by atoms with E-state index >= 15 is 0 Å². The van der Waals surface area contributed by atoms with Crippen LogP contribution in [0.4, 0.5) is 0 Å². The molecule has 1 rings (SSSR count). The van der Waals surface area contributed by atoms with Crippen LogP contribution in [-0.4, -0.2) is 9.78 Å². The number of aryl methyl sites for hydroxylation is 2. The van der Waals surface area contributed by atoms with Gasteiger partial charge in [0.05, 0.1) is 10.7 Å². The van der Waals surface area contributed by atoms with Crippen molar-refractivity contribution in [2.45, 2.75) is 97.4 Å². The lowest BCUT2D eigenvalue weighted by atomic mass is 10.1. The number of rotatable bonds is 13. The Morgan fingerprint density at radius 2 is 1.33 bits per heavy atom. The molecule has 122 valence electrons. The molecule has 0 aliphatic heterocycles. The number of aromatic nitrogens is 2. The van der Waals surface area contributed by atoms with Gasteiger partial charge in [0.1, 0.15) is 0 Å². The smallest absolute Gasteiger partial charge is 0.0814 e. The van der Waals surface area contributed by atoms with Gasteiger partial charge in [-0.3, -0.25) is 4.68 Å². The zero-order valence-corrected chi connectivity index (χ0v) is 14.8. The van der Waals surface area contributed by atoms with Gasteiger partial charge in [-0.25, -0.2) is 0 Å². The third-order valence-electron chi connectivity index (χ3n) is 4.13. The number of hydrogen-bond donors (Lipinski definition) is 0. The van der Waals surface area contributed by atoms with Crippen LogP contribution < -0.4 is 0 Å². The molecule has 1 aromatic rings. The third-order valence-corrected chi connectivity index (χ3v) is 4.50. The molecule has 0 bridgehead atoms. The lowest BCUT2D eigenvalue weighted by molar-refractivity contribution is 0.511. The number of nitrogens with zero attached hydrogens (tertiary/aromatic N) is 2. The van der Waals surface area contributed by atoms with Crippen LogP contribution in [0.5, 0.6) is 0 Å². The Morgan fingerprint density at radius 1 is 0.857 bits per heavy atom. The van der Waals surface area contributed by atoms with Crippen molar-refractivity contribution < 1.29 is 0 Å². The summed E-state index contributed by atoms with van der Waals surface area (Å²) in [5, 5.41) is 5.17. The van der Waals surface area contributed by atoms with Crippen LogP contribution in [0, 0.1) is 6.92 Å². The fourth-order valence-electron chi connectivity index (χ4n) is 2.72. The number of hydrogen-bond acceptors (Lipinski definition) is 1. The Bertz CT molecular complexity index is 341. The molecule has 0 amide bonds. The monoisotopic (exact) mass is 312 g/mol. The van der Waals surface area contributed by atoms with E-state index in [9.17, 15) is 0 Å². The molecule has 0 atom stereocenters. The van der Waals surface area contributed by atoms with Crippen molar-refractivity contribution >= 4 is 11.6 Å². The first-order valence-corrected chi connectivity index (χ1v) is 9.31. The van der Waals surface area contributed by atoms with Gasteiger partial charge in [-0.1, -0.05) is 89.2 Å². The molecule has 2 nitrogen and oxygen atoms in total. The normalized spacial score (nSPS) is 11.2. The summed E-state index contributed by atoms with van der Waals surface area (Å²) in [6, 6.07) is 0. The molecule has 1 heterocycles. The SMILES string of the molecule is CCCCCCCCCCCCCCn1cc(Cl)c(C)n1. The van der Waals surface area contributed by atoms with Crippen LogP contribution in [0.1, 0.15) is 89.7 Å². The third kappa shape index (κ3) is 9.18. The first-order chi connectivity index (χ1) is 10.2. The van der Waals surface area contributed by atoms with Crippen molar-refractivity contribution in [3.8, 4) is 0 Å². The number of halogens is 1. The highest BCUT2D eigenvalue weighted by atomic mass is 35.5. The second-order valence-electron chi connectivity index (χ2n) is 6.21. The average Bonchev–Trinajstić information content (AvgIpc) is 2.79. The van der Waals surface area contributed by atoms with Gasteiger partial charge in [0.15, 0.2) is 0 Å². The standard InChI is InChI=1S/C18H33ClN2/c1-3-4-5-6-7-8-9-10-11-12-13-14-15-21-16-18(19)17(2)20-21/h16H,3-15H2,1-2H3. The minimum Gasteiger partial charge on any atom is -0.271 e. The van der Waals surface area contributed by atoms with E-state index in [4.69, 9.17) is 11.6 Å². The van der Waals surface area contributed by atoms with Crippen LogP contribution in [-0.2, 0) is 6.54 Å². The van der Waals surface area contributed by atoms with Crippen molar-refractivity contribution in [3.05, 3.63) is 16.9 Å². The molecular weight excluding hydrogens is 280 g/mol. The Balaban J connectivity index is 1.82. The van der Waals surface area contributed by atoms with Gasteiger partial charge >= 0.3 is 0 Å². The molecule has 0 aliphatic rings. The highest BCUT2D eigenvalue weighted by Gasteiger charge is 2.01. The van der Waals surface area contributed by atoms with E-state index in [2.05, 4.69) is 12.0 Å². The summed E-state index contributed by atoms with van der Waals surface area (Å²) in [6.45, 7) is 5.24. The van der Waals surface area contributed by atoms with E-state index in [0.29, 0.717) is 0 Å². The Kier molecular flexibility index (Phi) is 10.7. The maximum absolute atomic E-state index is 6.00. The predicted molar refractivity (Wildman–Crippen MR) is 93.1 cm³/mol. The quantitative estimate of drug-likeness (QED) is 0.378. The topological polar surface area (TPSA) is 17.8 Å². The molecular formula is C18H33ClN2. The summed E-state index contributed by atoms with van der Waals surface area (Å²) in [5.41, 5.74) is 0.940. The molecule has 21 heavy (non-hydrogen) atoms. The second-order valence-corrected chi connectivity index (χ2v) is 6.62. The van der Waals surface area contributed by atoms with Crippen molar-refractivity contribution in [1.82, 2.24) is 9.78 Å². The van der Waals surface area contributed by atoms with Crippen LogP contribution in [0.2, 0.25) is 5.02 Å². The van der Waals surface area contributed by atoms with Crippen molar-refractivity contribution in [3.63, 3.8) is 0 Å². The van der Waals surface area contributed by atoms with E-state index < -0.39 is 0 Å². The average molecular weight is 313 g/mol. The molecule has 0 aliphatic carbocycles. The molecule has 1 aromatic heterocycles. The highest BCUT2D eigenvalue weighted by molar-refractivity contribution is 6.31. The zero-order valence-electron chi connectivity index (χ0n) is 14.0. The zero-order chi connectivity index (χ0) is 15.3. The van der Waals surface area contributed by atoms with E-state index in [1.54, 1.807) is 0 Å². The summed E-state index contributed by atoms with van der Waals surface area (Å²) in [7, 11) is 0. The van der Waals surface area contributed by atoms with Gasteiger partial charge in [-0.05, 0) is 13.3 Å². The first-order valence-electron chi connectivity index (χ1n) is 8.93. The minimum absolute atomic E-state index is 0.786. The molecule has 0 spiro atoms. The van der Waals surface area contributed by atoms with E-state index in [0.717, 1.165) is 17.3 Å². The number of unbranched alkanes of at least 4 members (excludes halogenated alkanes) is 11. The van der Waals surface area contributed by atoms with E-state index in [-0.39, 0.29) is 0 Å². The molecule has 0 radical (unpaired) electrons. The van der Waals surface area contributed by atoms with Gasteiger partial charge in [-0.15, -0.1) is 0 Å². The molecule has 0 saturated carbocycles. The maximum Gasteiger partial charge on any atom is 0.0814 e. The van der Waals surface area contributed by atoms with E-state index in [1.165, 1.54) is 77.0 Å². The van der Waals surface area contributed by atoms with Crippen LogP contribution in [0.3, 0.4) is 0 Å². The maximum atomic E-state index is 6.00. The molecule has 3 heteroatoms. The van der Waals surface area contributed by atoms with Gasteiger partial charge in [-0.2, -0.15) is 5.10 Å². The summed E-state index contributed by atoms with van der Waals surface area (Å²) in [6.07, 6.45) is 18.6. The van der Waals surface area contributed by atoms with Gasteiger partial charge in [0.25, 0.3) is 0 Å².